The van der Waals surface area contributed by atoms with Crippen molar-refractivity contribution in [1.82, 2.24) is 9.88 Å². The second-order valence-electron chi connectivity index (χ2n) is 6.06. The number of ether oxygens (including phenoxy) is 1. The number of aromatic nitrogens is 1. The fraction of sp³-hybridized carbons (Fsp3) is 0.250. The molecule has 5 nitrogen and oxygen atoms in total. The summed E-state index contributed by atoms with van der Waals surface area (Å²) in [6.07, 6.45) is 2.79. The first-order valence-corrected chi connectivity index (χ1v) is 7.61. The van der Waals surface area contributed by atoms with E-state index < -0.39 is 11.7 Å². The number of nitrogens with zero attached hydrogens (tertiary/aromatic N) is 1. The summed E-state index contributed by atoms with van der Waals surface area (Å²) in [5.41, 5.74) is 1.35. The van der Waals surface area contributed by atoms with Crippen molar-refractivity contribution in [1.29, 1.82) is 0 Å². The molecule has 22 heavy (non-hydrogen) atoms. The van der Waals surface area contributed by atoms with Crippen molar-refractivity contribution in [2.24, 2.45) is 0 Å². The fourth-order valence-electron chi connectivity index (χ4n) is 2.40. The lowest BCUT2D eigenvalue weighted by Crippen LogP contribution is -2.26. The molecule has 3 rings (SSSR count). The number of hydrogen-bond acceptors (Lipinski definition) is 3. The molecule has 1 aliphatic heterocycles. The summed E-state index contributed by atoms with van der Waals surface area (Å²) >= 11 is 3.43. The maximum Gasteiger partial charge on any atom is 0.419 e. The van der Waals surface area contributed by atoms with E-state index in [-0.39, 0.29) is 5.91 Å². The van der Waals surface area contributed by atoms with Crippen molar-refractivity contribution in [3.8, 4) is 0 Å². The number of benzene rings is 1. The van der Waals surface area contributed by atoms with E-state index in [9.17, 15) is 9.59 Å². The smallest absolute Gasteiger partial charge is 0.419 e. The second-order valence-corrected chi connectivity index (χ2v) is 6.91. The van der Waals surface area contributed by atoms with Gasteiger partial charge in [-0.05, 0) is 48.8 Å². The van der Waals surface area contributed by atoms with E-state index in [1.165, 1.54) is 4.57 Å². The summed E-state index contributed by atoms with van der Waals surface area (Å²) < 4.78 is 7.58. The van der Waals surface area contributed by atoms with Crippen LogP contribution in [-0.4, -0.2) is 22.2 Å². The predicted molar refractivity (Wildman–Crippen MR) is 87.9 cm³/mol. The molecule has 114 valence electrons. The number of rotatable bonds is 0. The van der Waals surface area contributed by atoms with Crippen LogP contribution in [0.4, 0.5) is 4.79 Å². The van der Waals surface area contributed by atoms with Crippen molar-refractivity contribution in [2.45, 2.75) is 26.4 Å². The van der Waals surface area contributed by atoms with E-state index >= 15 is 0 Å². The van der Waals surface area contributed by atoms with Gasteiger partial charge in [0.2, 0.25) is 0 Å². The molecule has 1 aliphatic rings. The molecule has 0 saturated carbocycles. The molecule has 0 fully saturated rings. The Balaban J connectivity index is 2.25. The Morgan fingerprint density at radius 1 is 1.27 bits per heavy atom. The molecule has 2 aromatic rings. The number of amides is 1. The fourth-order valence-corrected chi connectivity index (χ4v) is 2.82. The van der Waals surface area contributed by atoms with E-state index in [2.05, 4.69) is 21.2 Å². The molecule has 0 atom stereocenters. The van der Waals surface area contributed by atoms with Gasteiger partial charge in [0, 0.05) is 33.4 Å². The predicted octanol–water partition coefficient (Wildman–Crippen LogP) is 3.86. The number of hydrogen-bond donors (Lipinski definition) is 1. The van der Waals surface area contributed by atoms with Gasteiger partial charge in [0.25, 0.3) is 5.91 Å². The van der Waals surface area contributed by atoms with Crippen molar-refractivity contribution in [3.63, 3.8) is 0 Å². The Morgan fingerprint density at radius 3 is 2.68 bits per heavy atom. The Bertz CT molecular complexity index is 828. The van der Waals surface area contributed by atoms with Crippen LogP contribution in [0.2, 0.25) is 0 Å². The van der Waals surface area contributed by atoms with Gasteiger partial charge in [-0.1, -0.05) is 6.07 Å². The third-order valence-electron chi connectivity index (χ3n) is 3.25. The molecule has 1 aromatic heterocycles. The van der Waals surface area contributed by atoms with Gasteiger partial charge in [0.05, 0.1) is 5.52 Å². The summed E-state index contributed by atoms with van der Waals surface area (Å²) in [5.74, 6) is -0.205. The number of carbonyl (C=O) groups excluding carboxylic acids is 2. The Labute approximate surface area is 136 Å². The van der Waals surface area contributed by atoms with Crippen molar-refractivity contribution in [3.05, 3.63) is 41.7 Å². The SMILES string of the molecule is CC(C)(C)OC(=O)n1cc2c3c(cccc31)C(=O)NC=C2Br. The lowest BCUT2D eigenvalue weighted by Gasteiger charge is -2.19. The van der Waals surface area contributed by atoms with Gasteiger partial charge >= 0.3 is 6.09 Å². The summed E-state index contributed by atoms with van der Waals surface area (Å²) in [4.78, 5) is 24.6. The normalized spacial score (nSPS) is 14.4. The number of nitrogens with one attached hydrogen (secondary N) is 1. The molecule has 0 bridgehead atoms. The van der Waals surface area contributed by atoms with Crippen LogP contribution in [0.15, 0.2) is 30.6 Å². The highest BCUT2D eigenvalue weighted by Gasteiger charge is 2.25. The van der Waals surface area contributed by atoms with Crippen LogP contribution in [0.3, 0.4) is 0 Å². The van der Waals surface area contributed by atoms with Crippen LogP contribution in [-0.2, 0) is 4.74 Å². The van der Waals surface area contributed by atoms with E-state index in [1.807, 2.05) is 20.8 Å². The van der Waals surface area contributed by atoms with Gasteiger partial charge in [-0.3, -0.25) is 9.36 Å². The van der Waals surface area contributed by atoms with Crippen LogP contribution in [0.1, 0.15) is 36.7 Å². The van der Waals surface area contributed by atoms with Crippen molar-refractivity contribution in [2.75, 3.05) is 0 Å². The molecule has 6 heteroatoms. The van der Waals surface area contributed by atoms with Gasteiger partial charge in [-0.2, -0.15) is 0 Å². The minimum Gasteiger partial charge on any atom is -0.443 e. The summed E-state index contributed by atoms with van der Waals surface area (Å²) in [6.45, 7) is 5.44. The Hall–Kier alpha value is -2.08. The molecular weight excluding hydrogens is 348 g/mol. The summed E-state index contributed by atoms with van der Waals surface area (Å²) in [6, 6.07) is 5.28. The summed E-state index contributed by atoms with van der Waals surface area (Å²) in [5, 5.41) is 3.43. The maximum atomic E-state index is 12.4. The third-order valence-corrected chi connectivity index (χ3v) is 3.91. The highest BCUT2D eigenvalue weighted by atomic mass is 79.9. The zero-order valence-corrected chi connectivity index (χ0v) is 14.0. The molecule has 0 aliphatic carbocycles. The minimum absolute atomic E-state index is 0.205. The standard InChI is InChI=1S/C16H15BrN2O3/c1-16(2,3)22-15(21)19-8-10-11(17)7-18-14(20)9-5-4-6-12(19)13(9)10/h4-8H,1-3H3,(H,18,20). The molecule has 1 amide bonds. The Kier molecular flexibility index (Phi) is 3.36. The van der Waals surface area contributed by atoms with E-state index in [4.69, 9.17) is 4.74 Å². The zero-order valence-electron chi connectivity index (χ0n) is 12.4. The monoisotopic (exact) mass is 362 g/mol. The van der Waals surface area contributed by atoms with E-state index in [0.29, 0.717) is 15.6 Å². The Morgan fingerprint density at radius 2 is 2.00 bits per heavy atom. The van der Waals surface area contributed by atoms with E-state index in [0.717, 1.165) is 10.9 Å². The first-order valence-electron chi connectivity index (χ1n) is 6.82. The highest BCUT2D eigenvalue weighted by Crippen LogP contribution is 2.34. The number of halogens is 1. The average molecular weight is 363 g/mol. The molecule has 1 N–H and O–H groups in total. The van der Waals surface area contributed by atoms with Crippen LogP contribution < -0.4 is 5.32 Å². The lowest BCUT2D eigenvalue weighted by molar-refractivity contribution is 0.0544. The first-order chi connectivity index (χ1) is 10.3. The molecule has 0 unspecified atom stereocenters. The zero-order chi connectivity index (χ0) is 16.1. The van der Waals surface area contributed by atoms with Gasteiger partial charge in [0.15, 0.2) is 0 Å². The van der Waals surface area contributed by atoms with Gasteiger partial charge in [0.1, 0.15) is 5.60 Å². The van der Waals surface area contributed by atoms with Crippen molar-refractivity contribution < 1.29 is 14.3 Å². The highest BCUT2D eigenvalue weighted by molar-refractivity contribution is 9.15. The van der Waals surface area contributed by atoms with Crippen LogP contribution in [0.5, 0.6) is 0 Å². The molecular formula is C16H15BrN2O3. The molecule has 0 saturated heterocycles. The van der Waals surface area contributed by atoms with Crippen LogP contribution in [0.25, 0.3) is 15.4 Å². The second kappa shape index (κ2) is 4.98. The molecule has 0 radical (unpaired) electrons. The first kappa shape index (κ1) is 14.8. The van der Waals surface area contributed by atoms with Crippen molar-refractivity contribution >= 4 is 43.3 Å². The van der Waals surface area contributed by atoms with Gasteiger partial charge in [-0.25, -0.2) is 4.79 Å². The molecule has 0 spiro atoms. The summed E-state index contributed by atoms with van der Waals surface area (Å²) in [7, 11) is 0. The maximum absolute atomic E-state index is 12.4. The third kappa shape index (κ3) is 2.43. The van der Waals surface area contributed by atoms with Crippen LogP contribution in [0, 0.1) is 0 Å². The molecule has 1 aromatic carbocycles. The lowest BCUT2D eigenvalue weighted by atomic mass is 10.1. The van der Waals surface area contributed by atoms with Crippen LogP contribution >= 0.6 is 15.9 Å². The largest absolute Gasteiger partial charge is 0.443 e. The van der Waals surface area contributed by atoms with Gasteiger partial charge < -0.3 is 10.1 Å². The minimum atomic E-state index is -0.590. The quantitative estimate of drug-likeness (QED) is 0.773. The average Bonchev–Trinajstić information content (AvgIpc) is 2.76. The number of carbonyl (C=O) groups is 2. The molecule has 2 heterocycles. The van der Waals surface area contributed by atoms with Gasteiger partial charge in [-0.15, -0.1) is 0 Å². The topological polar surface area (TPSA) is 60.3 Å². The van der Waals surface area contributed by atoms with E-state index in [1.54, 1.807) is 30.6 Å².